The lowest BCUT2D eigenvalue weighted by molar-refractivity contribution is -0.196. The maximum absolute atomic E-state index is 14.3. The van der Waals surface area contributed by atoms with Gasteiger partial charge in [-0.15, -0.1) is 0 Å². The number of hydrazine groups is 1. The van der Waals surface area contributed by atoms with Crippen LogP contribution in [0.1, 0.15) is 23.6 Å². The van der Waals surface area contributed by atoms with E-state index < -0.39 is 18.2 Å². The molecule has 0 unspecified atom stereocenters. The number of nitrogens with one attached hydrogen (secondary N) is 1. The standard InChI is InChI=1S/C33H33N6O3/c1-23-31-38(29(40)22-36(2)39(31)33(42)35-20-25-13-7-4-8-14-25)28(19-24-11-5-3-6-12-24)32(41)37(23)21-27-16-9-15-26-17-10-18-34-30(26)27/h4-18,23,28,31H,19-22H2,1-2H3,(H,35,42)/t23-,28-,31-/m0/s1. The van der Waals surface area contributed by atoms with Gasteiger partial charge in [0.05, 0.1) is 18.1 Å². The molecule has 9 nitrogen and oxygen atoms in total. The molecule has 42 heavy (non-hydrogen) atoms. The lowest BCUT2D eigenvalue weighted by atomic mass is 9.94. The summed E-state index contributed by atoms with van der Waals surface area (Å²) in [6, 6.07) is 28.3. The summed E-state index contributed by atoms with van der Waals surface area (Å²) in [7, 11) is 1.74. The van der Waals surface area contributed by atoms with E-state index in [-0.39, 0.29) is 24.4 Å². The molecule has 3 atom stereocenters. The van der Waals surface area contributed by atoms with Gasteiger partial charge in [-0.3, -0.25) is 14.6 Å². The molecule has 0 aliphatic carbocycles. The number of carbonyl (C=O) groups excluding carboxylic acids is 3. The Morgan fingerprint density at radius 2 is 1.74 bits per heavy atom. The lowest BCUT2D eigenvalue weighted by Gasteiger charge is -2.57. The quantitative estimate of drug-likeness (QED) is 0.389. The van der Waals surface area contributed by atoms with Crippen molar-refractivity contribution < 1.29 is 14.4 Å². The number of nitrogens with zero attached hydrogens (tertiary/aromatic N) is 5. The van der Waals surface area contributed by atoms with E-state index in [0.29, 0.717) is 19.5 Å². The van der Waals surface area contributed by atoms with Gasteiger partial charge in [0.25, 0.3) is 0 Å². The Morgan fingerprint density at radius 3 is 2.52 bits per heavy atom. The molecule has 9 heteroatoms. The van der Waals surface area contributed by atoms with Crippen molar-refractivity contribution in [2.24, 2.45) is 0 Å². The molecule has 3 aromatic carbocycles. The molecule has 213 valence electrons. The lowest BCUT2D eigenvalue weighted by Crippen LogP contribution is -2.78. The molecule has 4 aromatic rings. The SMILES string of the molecule is C[C@H]1[C@H]2N(C(=O)CN(C)N2C(=O)NCc2ccccc2)[C@@H](Cc2cc[c]cc2)C(=O)N1Cc1cccc2cccnc12. The van der Waals surface area contributed by atoms with Crippen molar-refractivity contribution in [3.63, 3.8) is 0 Å². The zero-order chi connectivity index (χ0) is 29.2. The van der Waals surface area contributed by atoms with Crippen LogP contribution in [0.2, 0.25) is 0 Å². The monoisotopic (exact) mass is 561 g/mol. The third-order valence-electron chi connectivity index (χ3n) is 8.15. The van der Waals surface area contributed by atoms with Gasteiger partial charge in [-0.05, 0) is 35.7 Å². The third-order valence-corrected chi connectivity index (χ3v) is 8.15. The summed E-state index contributed by atoms with van der Waals surface area (Å²) < 4.78 is 0. The minimum Gasteiger partial charge on any atom is -0.333 e. The summed E-state index contributed by atoms with van der Waals surface area (Å²) in [6.07, 6.45) is 1.38. The van der Waals surface area contributed by atoms with Gasteiger partial charge < -0.3 is 15.1 Å². The molecule has 0 bridgehead atoms. The van der Waals surface area contributed by atoms with Gasteiger partial charge in [-0.2, -0.15) is 0 Å². The minimum absolute atomic E-state index is 0.0123. The van der Waals surface area contributed by atoms with Crippen LogP contribution in [0.5, 0.6) is 0 Å². The predicted molar refractivity (Wildman–Crippen MR) is 158 cm³/mol. The Labute approximate surface area is 245 Å². The summed E-state index contributed by atoms with van der Waals surface area (Å²) >= 11 is 0. The summed E-state index contributed by atoms with van der Waals surface area (Å²) in [5, 5.41) is 7.26. The van der Waals surface area contributed by atoms with E-state index in [1.165, 1.54) is 0 Å². The molecule has 2 saturated heterocycles. The molecule has 0 saturated carbocycles. The number of hydrogen-bond donors (Lipinski definition) is 1. The predicted octanol–water partition coefficient (Wildman–Crippen LogP) is 3.60. The van der Waals surface area contributed by atoms with Crippen LogP contribution in [-0.2, 0) is 29.1 Å². The van der Waals surface area contributed by atoms with Gasteiger partial charge in [-0.1, -0.05) is 78.9 Å². The molecular formula is C33H33N6O3. The number of para-hydroxylation sites is 1. The Bertz CT molecular complexity index is 1590. The van der Waals surface area contributed by atoms with E-state index in [4.69, 9.17) is 0 Å². The van der Waals surface area contributed by atoms with Gasteiger partial charge >= 0.3 is 6.03 Å². The molecule has 6 rings (SSSR count). The molecule has 0 spiro atoms. The fourth-order valence-electron chi connectivity index (χ4n) is 6.08. The molecule has 1 radical (unpaired) electrons. The van der Waals surface area contributed by atoms with Crippen LogP contribution >= 0.6 is 0 Å². The Balaban J connectivity index is 1.37. The number of likely N-dealkylation sites (N-methyl/N-ethyl adjacent to an activating group) is 1. The number of fused-ring (bicyclic) bond motifs is 2. The zero-order valence-corrected chi connectivity index (χ0v) is 23.7. The van der Waals surface area contributed by atoms with E-state index in [2.05, 4.69) is 16.4 Å². The first-order valence-corrected chi connectivity index (χ1v) is 14.1. The number of hydrogen-bond acceptors (Lipinski definition) is 5. The smallest absolute Gasteiger partial charge is 0.333 e. The Kier molecular flexibility index (Phi) is 7.58. The largest absolute Gasteiger partial charge is 0.334 e. The second-order valence-corrected chi connectivity index (χ2v) is 10.8. The minimum atomic E-state index is -0.776. The summed E-state index contributed by atoms with van der Waals surface area (Å²) in [4.78, 5) is 49.8. The van der Waals surface area contributed by atoms with Gasteiger partial charge in [-0.25, -0.2) is 14.8 Å². The van der Waals surface area contributed by atoms with Crippen molar-refractivity contribution in [2.75, 3.05) is 13.6 Å². The van der Waals surface area contributed by atoms with Crippen molar-refractivity contribution in [2.45, 2.75) is 44.7 Å². The molecule has 1 aromatic heterocycles. The molecule has 2 aliphatic rings. The topological polar surface area (TPSA) is 89.1 Å². The number of piperazine rings is 1. The van der Waals surface area contributed by atoms with Crippen LogP contribution in [0.25, 0.3) is 10.9 Å². The van der Waals surface area contributed by atoms with Crippen LogP contribution in [0.4, 0.5) is 4.79 Å². The van der Waals surface area contributed by atoms with E-state index in [1.807, 2.05) is 79.7 Å². The first-order valence-electron chi connectivity index (χ1n) is 14.1. The highest BCUT2D eigenvalue weighted by atomic mass is 16.2. The summed E-state index contributed by atoms with van der Waals surface area (Å²) in [5.41, 5.74) is 3.62. The number of benzene rings is 3. The van der Waals surface area contributed by atoms with E-state index >= 15 is 0 Å². The highest BCUT2D eigenvalue weighted by Gasteiger charge is 2.54. The zero-order valence-electron chi connectivity index (χ0n) is 23.7. The normalized spacial score (nSPS) is 21.0. The average Bonchev–Trinajstić information content (AvgIpc) is 3.01. The first kappa shape index (κ1) is 27.4. The fourth-order valence-corrected chi connectivity index (χ4v) is 6.08. The van der Waals surface area contributed by atoms with Crippen LogP contribution in [0.15, 0.2) is 91.1 Å². The van der Waals surface area contributed by atoms with Crippen molar-refractivity contribution in [3.05, 3.63) is 114 Å². The second-order valence-electron chi connectivity index (χ2n) is 10.8. The van der Waals surface area contributed by atoms with Crippen molar-refractivity contribution >= 4 is 28.7 Å². The van der Waals surface area contributed by atoms with Crippen molar-refractivity contribution in [3.8, 4) is 0 Å². The summed E-state index contributed by atoms with van der Waals surface area (Å²) in [5.74, 6) is -0.337. The van der Waals surface area contributed by atoms with Crippen LogP contribution in [-0.4, -0.2) is 74.5 Å². The number of amides is 4. The van der Waals surface area contributed by atoms with Crippen LogP contribution in [0, 0.1) is 6.07 Å². The van der Waals surface area contributed by atoms with Gasteiger partial charge in [0.1, 0.15) is 12.2 Å². The van der Waals surface area contributed by atoms with Crippen LogP contribution < -0.4 is 5.32 Å². The number of pyridine rings is 1. The number of rotatable bonds is 6. The first-order chi connectivity index (χ1) is 20.4. The molecule has 2 fully saturated rings. The summed E-state index contributed by atoms with van der Waals surface area (Å²) in [6.45, 7) is 2.54. The van der Waals surface area contributed by atoms with E-state index in [1.54, 1.807) is 45.2 Å². The Morgan fingerprint density at radius 1 is 0.976 bits per heavy atom. The fraction of sp³-hybridized carbons (Fsp3) is 0.273. The molecule has 3 heterocycles. The van der Waals surface area contributed by atoms with Crippen LogP contribution in [0.3, 0.4) is 0 Å². The van der Waals surface area contributed by atoms with E-state index in [0.717, 1.165) is 27.6 Å². The number of urea groups is 1. The van der Waals surface area contributed by atoms with Crippen molar-refractivity contribution in [1.82, 2.24) is 30.1 Å². The molecule has 4 amide bonds. The molecule has 2 aliphatic heterocycles. The van der Waals surface area contributed by atoms with Gasteiger partial charge in [0, 0.05) is 38.1 Å². The highest BCUT2D eigenvalue weighted by molar-refractivity contribution is 5.92. The van der Waals surface area contributed by atoms with Crippen molar-refractivity contribution in [1.29, 1.82) is 0 Å². The van der Waals surface area contributed by atoms with Gasteiger partial charge in [0.2, 0.25) is 11.8 Å². The van der Waals surface area contributed by atoms with E-state index in [9.17, 15) is 14.4 Å². The second kappa shape index (κ2) is 11.6. The third kappa shape index (κ3) is 5.19. The van der Waals surface area contributed by atoms with Gasteiger partial charge in [0.15, 0.2) is 0 Å². The maximum Gasteiger partial charge on any atom is 0.334 e. The number of aromatic nitrogens is 1. The molecule has 1 N–H and O–H groups in total. The number of carbonyl (C=O) groups is 3. The Hall–Kier alpha value is -4.76. The maximum atomic E-state index is 14.3. The highest BCUT2D eigenvalue weighted by Crippen LogP contribution is 2.33. The average molecular weight is 562 g/mol. The molecular weight excluding hydrogens is 528 g/mol.